The van der Waals surface area contributed by atoms with Crippen molar-refractivity contribution < 1.29 is 4.79 Å². The highest BCUT2D eigenvalue weighted by atomic mass is 35.5. The van der Waals surface area contributed by atoms with Crippen molar-refractivity contribution in [3.05, 3.63) is 75.7 Å². The predicted molar refractivity (Wildman–Crippen MR) is 132 cm³/mol. The van der Waals surface area contributed by atoms with Crippen molar-refractivity contribution in [2.24, 2.45) is 11.8 Å². The van der Waals surface area contributed by atoms with E-state index in [1.807, 2.05) is 58.0 Å². The first-order chi connectivity index (χ1) is 15.9. The molecule has 1 aliphatic rings. The first kappa shape index (κ1) is 21.7. The van der Waals surface area contributed by atoms with Gasteiger partial charge in [-0.05, 0) is 42.0 Å². The number of carbonyl (C=O) groups is 1. The van der Waals surface area contributed by atoms with Gasteiger partial charge in [0.1, 0.15) is 12.1 Å². The Morgan fingerprint density at radius 2 is 1.82 bits per heavy atom. The second-order valence-electron chi connectivity index (χ2n) is 9.35. The van der Waals surface area contributed by atoms with Crippen LogP contribution in [0.1, 0.15) is 25.8 Å². The molecule has 3 heterocycles. The molecular weight excluding hydrogens is 436 g/mol. The minimum absolute atomic E-state index is 0.0487. The van der Waals surface area contributed by atoms with Crippen LogP contribution >= 0.6 is 11.6 Å². The average Bonchev–Trinajstić information content (AvgIpc) is 3.09. The number of para-hydroxylation sites is 1. The second kappa shape index (κ2) is 8.67. The Morgan fingerprint density at radius 1 is 1.06 bits per heavy atom. The van der Waals surface area contributed by atoms with Crippen LogP contribution in [0.15, 0.2) is 59.5 Å². The zero-order valence-corrected chi connectivity index (χ0v) is 19.6. The number of carbonyl (C=O) groups excluding carboxylic acids is 1. The topological polar surface area (TPSA) is 60.1 Å². The molecule has 0 radical (unpaired) electrons. The molecule has 0 aliphatic carbocycles. The van der Waals surface area contributed by atoms with Crippen molar-refractivity contribution in [1.82, 2.24) is 19.2 Å². The Labute approximate surface area is 197 Å². The molecule has 1 amide bonds. The highest BCUT2D eigenvalue weighted by Crippen LogP contribution is 2.28. The molecule has 0 unspecified atom stereocenters. The number of fused-ring (bicyclic) bond motifs is 3. The van der Waals surface area contributed by atoms with E-state index < -0.39 is 0 Å². The molecule has 0 saturated carbocycles. The molecule has 2 aromatic heterocycles. The SMILES string of the molecule is C[C@@H]1C[C@@H](C)CN(C(=O)Cn2ncc3c4ccccc4n(Cc4cccc(Cl)c4)c3c2=O)C1. The number of amides is 1. The summed E-state index contributed by atoms with van der Waals surface area (Å²) < 4.78 is 3.31. The van der Waals surface area contributed by atoms with E-state index in [1.165, 1.54) is 4.68 Å². The van der Waals surface area contributed by atoms with Crippen LogP contribution in [-0.4, -0.2) is 38.2 Å². The summed E-state index contributed by atoms with van der Waals surface area (Å²) in [5.41, 5.74) is 2.26. The Morgan fingerprint density at radius 3 is 2.58 bits per heavy atom. The van der Waals surface area contributed by atoms with Crippen LogP contribution in [0.25, 0.3) is 21.8 Å². The minimum atomic E-state index is -0.253. The molecule has 1 fully saturated rings. The third-order valence-electron chi connectivity index (χ3n) is 6.51. The summed E-state index contributed by atoms with van der Waals surface area (Å²) in [4.78, 5) is 28.5. The van der Waals surface area contributed by atoms with Gasteiger partial charge in [-0.3, -0.25) is 9.59 Å². The van der Waals surface area contributed by atoms with Gasteiger partial charge in [0.2, 0.25) is 5.91 Å². The van der Waals surface area contributed by atoms with Crippen molar-refractivity contribution in [3.63, 3.8) is 0 Å². The van der Waals surface area contributed by atoms with Crippen LogP contribution in [0.5, 0.6) is 0 Å². The van der Waals surface area contributed by atoms with Gasteiger partial charge in [-0.2, -0.15) is 5.10 Å². The maximum atomic E-state index is 13.6. The number of piperidine rings is 1. The monoisotopic (exact) mass is 462 g/mol. The molecule has 0 N–H and O–H groups in total. The van der Waals surface area contributed by atoms with E-state index in [0.29, 0.717) is 28.9 Å². The van der Waals surface area contributed by atoms with E-state index in [0.717, 1.165) is 41.4 Å². The first-order valence-electron chi connectivity index (χ1n) is 11.4. The van der Waals surface area contributed by atoms with Crippen LogP contribution in [0.3, 0.4) is 0 Å². The summed E-state index contributed by atoms with van der Waals surface area (Å²) in [5.74, 6) is 0.870. The lowest BCUT2D eigenvalue weighted by Crippen LogP contribution is -2.45. The number of hydrogen-bond donors (Lipinski definition) is 0. The van der Waals surface area contributed by atoms with Crippen LogP contribution < -0.4 is 5.56 Å². The van der Waals surface area contributed by atoms with E-state index in [9.17, 15) is 9.59 Å². The van der Waals surface area contributed by atoms with Crippen LogP contribution in [0.4, 0.5) is 0 Å². The molecule has 2 atom stereocenters. The van der Waals surface area contributed by atoms with E-state index in [1.54, 1.807) is 6.20 Å². The van der Waals surface area contributed by atoms with Gasteiger partial charge in [-0.1, -0.05) is 55.8 Å². The predicted octanol–water partition coefficient (Wildman–Crippen LogP) is 4.56. The summed E-state index contributed by atoms with van der Waals surface area (Å²) in [5, 5.41) is 6.80. The minimum Gasteiger partial charge on any atom is -0.341 e. The lowest BCUT2D eigenvalue weighted by molar-refractivity contribution is -0.134. The van der Waals surface area contributed by atoms with E-state index in [-0.39, 0.29) is 18.0 Å². The Hall–Kier alpha value is -3.12. The van der Waals surface area contributed by atoms with Gasteiger partial charge in [0, 0.05) is 40.9 Å². The number of rotatable bonds is 4. The Kier molecular flexibility index (Phi) is 5.71. The molecule has 1 saturated heterocycles. The molecule has 4 aromatic rings. The number of halogens is 1. The summed E-state index contributed by atoms with van der Waals surface area (Å²) in [6, 6.07) is 15.6. The summed E-state index contributed by atoms with van der Waals surface area (Å²) in [6.07, 6.45) is 2.83. The molecule has 6 nitrogen and oxygen atoms in total. The fourth-order valence-electron chi connectivity index (χ4n) is 5.18. The highest BCUT2D eigenvalue weighted by Gasteiger charge is 2.26. The number of hydrogen-bond acceptors (Lipinski definition) is 3. The summed E-state index contributed by atoms with van der Waals surface area (Å²) in [6.45, 7) is 6.25. The smallest absolute Gasteiger partial charge is 0.291 e. The van der Waals surface area contributed by atoms with Gasteiger partial charge >= 0.3 is 0 Å². The van der Waals surface area contributed by atoms with E-state index >= 15 is 0 Å². The molecule has 7 heteroatoms. The first-order valence-corrected chi connectivity index (χ1v) is 11.8. The largest absolute Gasteiger partial charge is 0.341 e. The lowest BCUT2D eigenvalue weighted by atomic mass is 9.92. The van der Waals surface area contributed by atoms with Gasteiger partial charge in [-0.15, -0.1) is 0 Å². The third-order valence-corrected chi connectivity index (χ3v) is 6.74. The normalized spacial score (nSPS) is 18.8. The molecule has 1 aliphatic heterocycles. The molecule has 0 bridgehead atoms. The Bertz CT molecular complexity index is 1400. The van der Waals surface area contributed by atoms with Crippen molar-refractivity contribution in [1.29, 1.82) is 0 Å². The Balaban J connectivity index is 1.57. The van der Waals surface area contributed by atoms with Crippen molar-refractivity contribution in [2.75, 3.05) is 13.1 Å². The summed E-state index contributed by atoms with van der Waals surface area (Å²) in [7, 11) is 0. The molecular formula is C26H27ClN4O2. The van der Waals surface area contributed by atoms with Crippen molar-refractivity contribution in [3.8, 4) is 0 Å². The van der Waals surface area contributed by atoms with Crippen LogP contribution in [0.2, 0.25) is 5.02 Å². The van der Waals surface area contributed by atoms with Gasteiger partial charge in [0.15, 0.2) is 0 Å². The average molecular weight is 463 g/mol. The van der Waals surface area contributed by atoms with Gasteiger partial charge in [-0.25, -0.2) is 4.68 Å². The van der Waals surface area contributed by atoms with Crippen molar-refractivity contribution in [2.45, 2.75) is 33.4 Å². The van der Waals surface area contributed by atoms with E-state index in [4.69, 9.17) is 11.6 Å². The van der Waals surface area contributed by atoms with Gasteiger partial charge < -0.3 is 9.47 Å². The maximum Gasteiger partial charge on any atom is 0.291 e. The van der Waals surface area contributed by atoms with Crippen LogP contribution in [0, 0.1) is 11.8 Å². The maximum absolute atomic E-state index is 13.6. The molecule has 33 heavy (non-hydrogen) atoms. The number of likely N-dealkylation sites (tertiary alicyclic amines) is 1. The molecule has 5 rings (SSSR count). The third kappa shape index (κ3) is 4.15. The molecule has 2 aromatic carbocycles. The fourth-order valence-corrected chi connectivity index (χ4v) is 5.40. The number of aromatic nitrogens is 3. The fraction of sp³-hybridized carbons (Fsp3) is 0.346. The zero-order chi connectivity index (χ0) is 23.1. The van der Waals surface area contributed by atoms with E-state index in [2.05, 4.69) is 18.9 Å². The molecule has 0 spiro atoms. The van der Waals surface area contributed by atoms with Crippen molar-refractivity contribution >= 4 is 39.3 Å². The molecule has 170 valence electrons. The van der Waals surface area contributed by atoms with Crippen LogP contribution in [-0.2, 0) is 17.9 Å². The van der Waals surface area contributed by atoms with Gasteiger partial charge in [0.05, 0.1) is 6.20 Å². The van der Waals surface area contributed by atoms with Gasteiger partial charge in [0.25, 0.3) is 5.56 Å². The lowest BCUT2D eigenvalue weighted by Gasteiger charge is -2.35. The quantitative estimate of drug-likeness (QED) is 0.446. The number of nitrogens with zero attached hydrogens (tertiary/aromatic N) is 4. The highest BCUT2D eigenvalue weighted by molar-refractivity contribution is 6.30. The zero-order valence-electron chi connectivity index (χ0n) is 18.9. The number of benzene rings is 2. The summed E-state index contributed by atoms with van der Waals surface area (Å²) >= 11 is 6.20. The standard InChI is InChI=1S/C26H27ClN4O2/c1-17-10-18(2)14-29(13-17)24(32)16-31-26(33)25-22(12-28-31)21-8-3-4-9-23(21)30(25)15-19-6-5-7-20(27)11-19/h3-9,11-12,17-18H,10,13-16H2,1-2H3/t17-,18-/m1/s1. The second-order valence-corrected chi connectivity index (χ2v) is 9.78.